The number of rotatable bonds is 12. The molecule has 7 rings (SSSR count). The maximum Gasteiger partial charge on any atom is 0.261 e. The van der Waals surface area contributed by atoms with Crippen molar-refractivity contribution in [2.24, 2.45) is 0 Å². The van der Waals surface area contributed by atoms with Crippen LogP contribution in [-0.2, 0) is 17.8 Å². The van der Waals surface area contributed by atoms with E-state index in [1.165, 1.54) is 27.2 Å². The summed E-state index contributed by atoms with van der Waals surface area (Å²) in [4.78, 5) is 26.3. The van der Waals surface area contributed by atoms with Gasteiger partial charge in [-0.15, -0.1) is 0 Å². The van der Waals surface area contributed by atoms with Crippen LogP contribution in [0.2, 0.25) is 0 Å². The predicted octanol–water partition coefficient (Wildman–Crippen LogP) is 7.82. The number of hydrogen-bond acceptors (Lipinski definition) is 5. The lowest BCUT2D eigenvalue weighted by Gasteiger charge is -2.35. The average Bonchev–Trinajstić information content (AvgIpc) is 3.37. The average molecular weight is 624 g/mol. The molecule has 5 aromatic rings. The molecule has 0 saturated carbocycles. The van der Waals surface area contributed by atoms with Gasteiger partial charge in [-0.05, 0) is 83.0 Å². The summed E-state index contributed by atoms with van der Waals surface area (Å²) in [5, 5.41) is 0. The van der Waals surface area contributed by atoms with Gasteiger partial charge in [0.05, 0.1) is 30.9 Å². The topological polar surface area (TPSA) is 65.1 Å². The van der Waals surface area contributed by atoms with Crippen LogP contribution in [0.5, 0.6) is 11.5 Å². The zero-order chi connectivity index (χ0) is 32.0. The third kappa shape index (κ3) is 6.69. The maximum absolute atomic E-state index is 12.5. The minimum atomic E-state index is -0.266. The van der Waals surface area contributed by atoms with Crippen molar-refractivity contribution >= 4 is 11.8 Å². The Morgan fingerprint density at radius 1 is 0.617 bits per heavy atom. The Balaban J connectivity index is 0.975. The molecule has 6 heteroatoms. The molecule has 47 heavy (non-hydrogen) atoms. The second-order valence-corrected chi connectivity index (χ2v) is 12.0. The molecule has 0 saturated heterocycles. The molecule has 2 amide bonds. The highest BCUT2D eigenvalue weighted by Gasteiger charge is 2.35. The van der Waals surface area contributed by atoms with E-state index < -0.39 is 0 Å². The third-order valence-corrected chi connectivity index (χ3v) is 9.13. The number of carbonyl (C=O) groups excluding carboxylic acids is 2. The molecule has 0 fully saturated rings. The highest BCUT2D eigenvalue weighted by Crippen LogP contribution is 2.47. The minimum absolute atomic E-state index is 0.212. The molecule has 1 aliphatic heterocycles. The fraction of sp³-hybridized carbons (Fsp3) is 0.220. The molecule has 2 unspecified atom stereocenters. The first-order valence-electron chi connectivity index (χ1n) is 16.3. The molecule has 0 N–H and O–H groups in total. The second kappa shape index (κ2) is 14.1. The van der Waals surface area contributed by atoms with Crippen molar-refractivity contribution in [2.45, 2.75) is 31.3 Å². The first kappa shape index (κ1) is 30.5. The summed E-state index contributed by atoms with van der Waals surface area (Å²) in [7, 11) is 0. The molecule has 5 aromatic carbocycles. The van der Waals surface area contributed by atoms with Gasteiger partial charge < -0.3 is 14.2 Å². The lowest BCUT2D eigenvalue weighted by molar-refractivity contribution is 0.0528. The minimum Gasteiger partial charge on any atom is -0.491 e. The quantitative estimate of drug-likeness (QED) is 0.105. The Bertz CT molecular complexity index is 1800. The number of carbonyl (C=O) groups is 2. The van der Waals surface area contributed by atoms with Crippen LogP contribution in [0.15, 0.2) is 127 Å². The SMILES string of the molecule is O=C1c2ccccc2C(=O)N1CCOCCOc1ccc(C2c3ccc(OCc4ccccc4)cc3CCC2c2ccccc2)cc1. The summed E-state index contributed by atoms with van der Waals surface area (Å²) in [5.41, 5.74) is 7.35. The lowest BCUT2D eigenvalue weighted by atomic mass is 9.69. The van der Waals surface area contributed by atoms with Gasteiger partial charge in [0.1, 0.15) is 24.7 Å². The van der Waals surface area contributed by atoms with Crippen molar-refractivity contribution in [1.29, 1.82) is 0 Å². The molecule has 236 valence electrons. The summed E-state index contributed by atoms with van der Waals surface area (Å²) in [5.74, 6) is 1.72. The number of ether oxygens (including phenoxy) is 3. The van der Waals surface area contributed by atoms with E-state index >= 15 is 0 Å². The normalized spacial score (nSPS) is 16.9. The van der Waals surface area contributed by atoms with Crippen molar-refractivity contribution < 1.29 is 23.8 Å². The Kier molecular flexibility index (Phi) is 9.11. The van der Waals surface area contributed by atoms with Crippen LogP contribution >= 0.6 is 0 Å². The zero-order valence-corrected chi connectivity index (χ0v) is 26.2. The number of hydrogen-bond donors (Lipinski definition) is 0. The van der Waals surface area contributed by atoms with Gasteiger partial charge in [-0.1, -0.05) is 91.0 Å². The first-order valence-corrected chi connectivity index (χ1v) is 16.3. The van der Waals surface area contributed by atoms with E-state index in [9.17, 15) is 9.59 Å². The monoisotopic (exact) mass is 623 g/mol. The van der Waals surface area contributed by atoms with E-state index in [0.717, 1.165) is 29.9 Å². The second-order valence-electron chi connectivity index (χ2n) is 12.0. The highest BCUT2D eigenvalue weighted by molar-refractivity contribution is 6.21. The number of imide groups is 1. The molecule has 0 spiro atoms. The van der Waals surface area contributed by atoms with Gasteiger partial charge in [0.2, 0.25) is 0 Å². The molecular weight excluding hydrogens is 586 g/mol. The predicted molar refractivity (Wildman–Crippen MR) is 181 cm³/mol. The Hall–Kier alpha value is -5.20. The molecular formula is C41H37NO5. The standard InChI is InChI=1S/C41H37NO5/c43-40-37-13-7-8-14-38(37)41(44)42(40)23-24-45-25-26-46-33-18-15-31(16-19-33)39-35(30-11-5-2-6-12-30)21-17-32-27-34(20-22-36(32)39)47-28-29-9-3-1-4-10-29/h1-16,18-20,22,27,35,39H,17,21,23-26,28H2. The number of benzene rings is 5. The summed E-state index contributed by atoms with van der Waals surface area (Å²) in [6.07, 6.45) is 2.06. The number of nitrogens with zero attached hydrogens (tertiary/aromatic N) is 1. The lowest BCUT2D eigenvalue weighted by Crippen LogP contribution is -2.33. The summed E-state index contributed by atoms with van der Waals surface area (Å²) < 4.78 is 17.9. The van der Waals surface area contributed by atoms with Gasteiger partial charge in [0.15, 0.2) is 0 Å². The van der Waals surface area contributed by atoms with Gasteiger partial charge in [-0.3, -0.25) is 14.5 Å². The van der Waals surface area contributed by atoms with Crippen molar-refractivity contribution in [2.75, 3.05) is 26.4 Å². The van der Waals surface area contributed by atoms with Crippen LogP contribution in [0.4, 0.5) is 0 Å². The Morgan fingerprint density at radius 2 is 1.28 bits per heavy atom. The molecule has 1 aliphatic carbocycles. The first-order chi connectivity index (χ1) is 23.2. The van der Waals surface area contributed by atoms with Crippen molar-refractivity contribution in [3.63, 3.8) is 0 Å². The summed E-state index contributed by atoms with van der Waals surface area (Å²) in [6, 6.07) is 43.0. The van der Waals surface area contributed by atoms with Gasteiger partial charge in [0, 0.05) is 5.92 Å². The third-order valence-electron chi connectivity index (χ3n) is 9.13. The molecule has 2 atom stereocenters. The number of amides is 2. The number of fused-ring (bicyclic) bond motifs is 2. The zero-order valence-electron chi connectivity index (χ0n) is 26.2. The van der Waals surface area contributed by atoms with E-state index in [-0.39, 0.29) is 30.9 Å². The molecule has 1 heterocycles. The van der Waals surface area contributed by atoms with E-state index in [4.69, 9.17) is 14.2 Å². The van der Waals surface area contributed by atoms with Crippen LogP contribution in [-0.4, -0.2) is 43.1 Å². The van der Waals surface area contributed by atoms with E-state index in [2.05, 4.69) is 72.8 Å². The van der Waals surface area contributed by atoms with Crippen LogP contribution in [0.1, 0.15) is 66.8 Å². The van der Waals surface area contributed by atoms with Gasteiger partial charge in [-0.2, -0.15) is 0 Å². The summed E-state index contributed by atoms with van der Waals surface area (Å²) >= 11 is 0. The van der Waals surface area contributed by atoms with E-state index in [1.807, 2.05) is 30.3 Å². The van der Waals surface area contributed by atoms with E-state index in [0.29, 0.717) is 36.9 Å². The largest absolute Gasteiger partial charge is 0.491 e. The van der Waals surface area contributed by atoms with Crippen molar-refractivity contribution in [3.8, 4) is 11.5 Å². The van der Waals surface area contributed by atoms with Gasteiger partial charge in [-0.25, -0.2) is 0 Å². The van der Waals surface area contributed by atoms with Crippen molar-refractivity contribution in [3.05, 3.63) is 166 Å². The smallest absolute Gasteiger partial charge is 0.261 e. The van der Waals surface area contributed by atoms with Crippen LogP contribution < -0.4 is 9.47 Å². The Labute approximate surface area is 275 Å². The fourth-order valence-corrected chi connectivity index (χ4v) is 6.79. The van der Waals surface area contributed by atoms with Crippen LogP contribution in [0, 0.1) is 0 Å². The molecule has 2 aliphatic rings. The highest BCUT2D eigenvalue weighted by atomic mass is 16.5. The molecule has 0 radical (unpaired) electrons. The molecule has 6 nitrogen and oxygen atoms in total. The summed E-state index contributed by atoms with van der Waals surface area (Å²) in [6.45, 7) is 1.74. The fourth-order valence-electron chi connectivity index (χ4n) is 6.79. The molecule has 0 aromatic heterocycles. The van der Waals surface area contributed by atoms with Gasteiger partial charge in [0.25, 0.3) is 11.8 Å². The van der Waals surface area contributed by atoms with Crippen LogP contribution in [0.3, 0.4) is 0 Å². The van der Waals surface area contributed by atoms with E-state index in [1.54, 1.807) is 24.3 Å². The number of aryl methyl sites for hydroxylation is 1. The molecule has 0 bridgehead atoms. The van der Waals surface area contributed by atoms with Crippen molar-refractivity contribution in [1.82, 2.24) is 4.90 Å². The Morgan fingerprint density at radius 3 is 2.00 bits per heavy atom. The van der Waals surface area contributed by atoms with Gasteiger partial charge >= 0.3 is 0 Å². The maximum atomic E-state index is 12.5. The van der Waals surface area contributed by atoms with Crippen LogP contribution in [0.25, 0.3) is 0 Å².